The summed E-state index contributed by atoms with van der Waals surface area (Å²) in [4.78, 5) is 10.6. The van der Waals surface area contributed by atoms with Crippen LogP contribution >= 0.6 is 11.6 Å². The third-order valence-corrected chi connectivity index (χ3v) is 2.32. The van der Waals surface area contributed by atoms with Gasteiger partial charge in [0, 0.05) is 10.6 Å². The maximum absolute atomic E-state index is 10.6. The van der Waals surface area contributed by atoms with E-state index in [2.05, 4.69) is 0 Å². The molecule has 0 spiro atoms. The normalized spacial score (nSPS) is 12.5. The molecule has 0 saturated heterocycles. The van der Waals surface area contributed by atoms with Crippen molar-refractivity contribution in [1.82, 2.24) is 0 Å². The van der Waals surface area contributed by atoms with Crippen LogP contribution in [0.25, 0.3) is 0 Å². The van der Waals surface area contributed by atoms with Crippen molar-refractivity contribution in [2.45, 2.75) is 13.0 Å². The van der Waals surface area contributed by atoms with Crippen LogP contribution in [0.3, 0.4) is 0 Å². The molecule has 0 aliphatic heterocycles. The molecule has 1 aromatic rings. The first-order valence-corrected chi connectivity index (χ1v) is 4.28. The van der Waals surface area contributed by atoms with Crippen LogP contribution in [0.2, 0.25) is 5.02 Å². The lowest BCUT2D eigenvalue weighted by Gasteiger charge is -2.10. The summed E-state index contributed by atoms with van der Waals surface area (Å²) in [6.45, 7) is 1.71. The molecule has 0 unspecified atom stereocenters. The standard InChI is InChI=1S/C9H10ClNO3/c1-4-2-5(8(11)9(13)14)7(12)3-6(4)10/h2-3,8,12H,11H2,1H3,(H,13,14)/t8-/m0/s1. The van der Waals surface area contributed by atoms with Crippen molar-refractivity contribution in [3.63, 3.8) is 0 Å². The molecular formula is C9H10ClNO3. The topological polar surface area (TPSA) is 83.6 Å². The molecule has 1 rings (SSSR count). The molecule has 1 atom stereocenters. The summed E-state index contributed by atoms with van der Waals surface area (Å²) in [5, 5.41) is 18.4. The molecule has 5 heteroatoms. The molecule has 0 bridgehead atoms. The van der Waals surface area contributed by atoms with Crippen LogP contribution in [0.15, 0.2) is 12.1 Å². The van der Waals surface area contributed by atoms with Gasteiger partial charge in [0.15, 0.2) is 0 Å². The second kappa shape index (κ2) is 3.86. The third kappa shape index (κ3) is 1.97. The Balaban J connectivity index is 3.22. The first-order valence-electron chi connectivity index (χ1n) is 3.91. The average molecular weight is 216 g/mol. The summed E-state index contributed by atoms with van der Waals surface area (Å²) in [5.41, 5.74) is 6.20. The summed E-state index contributed by atoms with van der Waals surface area (Å²) < 4.78 is 0. The highest BCUT2D eigenvalue weighted by Gasteiger charge is 2.18. The first-order chi connectivity index (χ1) is 6.43. The number of hydrogen-bond acceptors (Lipinski definition) is 3. The Kier molecular flexibility index (Phi) is 2.98. The highest BCUT2D eigenvalue weighted by atomic mass is 35.5. The zero-order chi connectivity index (χ0) is 10.9. The Labute approximate surface area is 85.9 Å². The molecule has 0 heterocycles. The maximum atomic E-state index is 10.6. The fraction of sp³-hybridized carbons (Fsp3) is 0.222. The predicted octanol–water partition coefficient (Wildman–Crippen LogP) is 1.44. The molecule has 0 amide bonds. The number of carbonyl (C=O) groups is 1. The summed E-state index contributed by atoms with van der Waals surface area (Å²) in [5.74, 6) is -1.39. The summed E-state index contributed by atoms with van der Waals surface area (Å²) in [6.07, 6.45) is 0. The Morgan fingerprint density at radius 2 is 2.14 bits per heavy atom. The number of benzene rings is 1. The van der Waals surface area contributed by atoms with E-state index >= 15 is 0 Å². The van der Waals surface area contributed by atoms with Crippen LogP contribution in [0.4, 0.5) is 0 Å². The lowest BCUT2D eigenvalue weighted by Crippen LogP contribution is -2.20. The maximum Gasteiger partial charge on any atom is 0.325 e. The Bertz CT molecular complexity index is 379. The number of halogens is 1. The Morgan fingerprint density at radius 1 is 1.57 bits per heavy atom. The van der Waals surface area contributed by atoms with Crippen LogP contribution in [0, 0.1) is 6.92 Å². The molecule has 1 aromatic carbocycles. The van der Waals surface area contributed by atoms with Crippen molar-refractivity contribution >= 4 is 17.6 Å². The number of hydrogen-bond donors (Lipinski definition) is 3. The number of carboxylic acid groups (broad SMARTS) is 1. The van der Waals surface area contributed by atoms with Gasteiger partial charge in [-0.25, -0.2) is 0 Å². The van der Waals surface area contributed by atoms with Gasteiger partial charge >= 0.3 is 5.97 Å². The van der Waals surface area contributed by atoms with Gasteiger partial charge in [0.05, 0.1) is 0 Å². The number of nitrogens with two attached hydrogens (primary N) is 1. The molecule has 76 valence electrons. The van der Waals surface area contributed by atoms with Gasteiger partial charge in [0.1, 0.15) is 11.8 Å². The Morgan fingerprint density at radius 3 is 2.64 bits per heavy atom. The summed E-state index contributed by atoms with van der Waals surface area (Å²) >= 11 is 5.72. The van der Waals surface area contributed by atoms with Gasteiger partial charge in [0.25, 0.3) is 0 Å². The minimum absolute atomic E-state index is 0.166. The van der Waals surface area contributed by atoms with Crippen molar-refractivity contribution in [3.8, 4) is 5.75 Å². The molecule has 0 aliphatic carbocycles. The molecule has 0 radical (unpaired) electrons. The molecule has 0 saturated carbocycles. The van der Waals surface area contributed by atoms with E-state index in [-0.39, 0.29) is 11.3 Å². The van der Waals surface area contributed by atoms with Crippen molar-refractivity contribution in [1.29, 1.82) is 0 Å². The third-order valence-electron chi connectivity index (χ3n) is 1.91. The van der Waals surface area contributed by atoms with Gasteiger partial charge in [-0.1, -0.05) is 11.6 Å². The van der Waals surface area contributed by atoms with Crippen molar-refractivity contribution in [2.75, 3.05) is 0 Å². The number of phenolic OH excluding ortho intramolecular Hbond substituents is 1. The first kappa shape index (κ1) is 10.8. The average Bonchev–Trinajstić information content (AvgIpc) is 2.10. The van der Waals surface area contributed by atoms with Gasteiger partial charge in [-0.05, 0) is 24.6 Å². The number of aryl methyl sites for hydroxylation is 1. The van der Waals surface area contributed by atoms with Crippen LogP contribution in [0.5, 0.6) is 5.75 Å². The van der Waals surface area contributed by atoms with E-state index in [1.54, 1.807) is 6.92 Å². The van der Waals surface area contributed by atoms with Gasteiger partial charge in [-0.15, -0.1) is 0 Å². The molecule has 4 N–H and O–H groups in total. The van der Waals surface area contributed by atoms with E-state index < -0.39 is 12.0 Å². The smallest absolute Gasteiger partial charge is 0.325 e. The predicted molar refractivity (Wildman–Crippen MR) is 52.4 cm³/mol. The van der Waals surface area contributed by atoms with Crippen LogP contribution in [-0.4, -0.2) is 16.2 Å². The summed E-state index contributed by atoms with van der Waals surface area (Å²) in [7, 11) is 0. The van der Waals surface area contributed by atoms with E-state index in [1.165, 1.54) is 12.1 Å². The van der Waals surface area contributed by atoms with E-state index in [4.69, 9.17) is 22.4 Å². The van der Waals surface area contributed by atoms with E-state index in [0.717, 1.165) is 0 Å². The van der Waals surface area contributed by atoms with Crippen molar-refractivity contribution in [3.05, 3.63) is 28.3 Å². The fourth-order valence-electron chi connectivity index (χ4n) is 1.08. The molecule has 4 nitrogen and oxygen atoms in total. The van der Waals surface area contributed by atoms with Gasteiger partial charge in [0.2, 0.25) is 0 Å². The lowest BCUT2D eigenvalue weighted by atomic mass is 10.0. The number of carboxylic acids is 1. The monoisotopic (exact) mass is 215 g/mol. The summed E-state index contributed by atoms with van der Waals surface area (Å²) in [6, 6.07) is 1.52. The fourth-order valence-corrected chi connectivity index (χ4v) is 1.23. The number of aromatic hydroxyl groups is 1. The zero-order valence-electron chi connectivity index (χ0n) is 7.49. The van der Waals surface area contributed by atoms with E-state index in [0.29, 0.717) is 10.6 Å². The van der Waals surface area contributed by atoms with Crippen molar-refractivity contribution < 1.29 is 15.0 Å². The SMILES string of the molecule is Cc1cc([C@H](N)C(=O)O)c(O)cc1Cl. The number of rotatable bonds is 2. The van der Waals surface area contributed by atoms with Crippen molar-refractivity contribution in [2.24, 2.45) is 5.73 Å². The zero-order valence-corrected chi connectivity index (χ0v) is 8.25. The number of aliphatic carboxylic acids is 1. The second-order valence-electron chi connectivity index (χ2n) is 2.98. The highest BCUT2D eigenvalue weighted by molar-refractivity contribution is 6.31. The van der Waals surface area contributed by atoms with E-state index in [9.17, 15) is 9.90 Å². The molecule has 0 aliphatic rings. The minimum atomic E-state index is -1.23. The molecule has 14 heavy (non-hydrogen) atoms. The quantitative estimate of drug-likeness (QED) is 0.697. The van der Waals surface area contributed by atoms with E-state index in [1.807, 2.05) is 0 Å². The number of phenols is 1. The lowest BCUT2D eigenvalue weighted by molar-refractivity contribution is -0.138. The van der Waals surface area contributed by atoms with Gasteiger partial charge in [-0.2, -0.15) is 0 Å². The van der Waals surface area contributed by atoms with Crippen LogP contribution in [0.1, 0.15) is 17.2 Å². The molecular weight excluding hydrogens is 206 g/mol. The molecule has 0 aromatic heterocycles. The molecule has 0 fully saturated rings. The van der Waals surface area contributed by atoms with Crippen LogP contribution < -0.4 is 5.73 Å². The highest BCUT2D eigenvalue weighted by Crippen LogP contribution is 2.29. The van der Waals surface area contributed by atoms with Gasteiger partial charge in [-0.3, -0.25) is 4.79 Å². The Hall–Kier alpha value is -1.26. The second-order valence-corrected chi connectivity index (χ2v) is 3.38. The van der Waals surface area contributed by atoms with Crippen LogP contribution in [-0.2, 0) is 4.79 Å². The van der Waals surface area contributed by atoms with Gasteiger partial charge < -0.3 is 15.9 Å². The minimum Gasteiger partial charge on any atom is -0.508 e. The largest absolute Gasteiger partial charge is 0.508 e.